The topological polar surface area (TPSA) is 79.3 Å². The maximum Gasteiger partial charge on any atom is 0.303 e. The van der Waals surface area contributed by atoms with Gasteiger partial charge in [-0.3, -0.25) is 9.59 Å². The van der Waals surface area contributed by atoms with Crippen molar-refractivity contribution in [3.05, 3.63) is 16.1 Å². The van der Waals surface area contributed by atoms with Gasteiger partial charge in [-0.1, -0.05) is 13.8 Å². The standard InChI is InChI=1S/C14H22N2O3S/c1-10-16-11(9-20-10)8-12(17)15-7-6-14(2,3)5-4-13(18)19/h9H,4-8H2,1-3H3,(H,15,17)(H,18,19). The number of aromatic nitrogens is 1. The molecule has 0 saturated heterocycles. The molecule has 1 aromatic rings. The Morgan fingerprint density at radius 3 is 2.65 bits per heavy atom. The summed E-state index contributed by atoms with van der Waals surface area (Å²) < 4.78 is 0. The minimum atomic E-state index is -0.777. The number of amides is 1. The molecule has 2 N–H and O–H groups in total. The molecular weight excluding hydrogens is 276 g/mol. The molecule has 1 rings (SSSR count). The zero-order valence-electron chi connectivity index (χ0n) is 12.2. The van der Waals surface area contributed by atoms with Crippen LogP contribution in [0.4, 0.5) is 0 Å². The first-order valence-corrected chi connectivity index (χ1v) is 7.56. The Balaban J connectivity index is 2.25. The second kappa shape index (κ2) is 7.38. The SMILES string of the molecule is Cc1nc(CC(=O)NCCC(C)(C)CCC(=O)O)cs1. The molecule has 0 bridgehead atoms. The molecule has 0 aliphatic rings. The van der Waals surface area contributed by atoms with E-state index in [-0.39, 0.29) is 17.7 Å². The average Bonchev–Trinajstić information content (AvgIpc) is 2.72. The van der Waals surface area contributed by atoms with Gasteiger partial charge in [-0.15, -0.1) is 11.3 Å². The fourth-order valence-electron chi connectivity index (χ4n) is 1.83. The number of nitrogens with zero attached hydrogens (tertiary/aromatic N) is 1. The molecule has 5 nitrogen and oxygen atoms in total. The quantitative estimate of drug-likeness (QED) is 0.772. The van der Waals surface area contributed by atoms with Gasteiger partial charge in [0.05, 0.1) is 17.1 Å². The van der Waals surface area contributed by atoms with Crippen LogP contribution in [-0.2, 0) is 16.0 Å². The number of hydrogen-bond acceptors (Lipinski definition) is 4. The highest BCUT2D eigenvalue weighted by molar-refractivity contribution is 7.09. The molecule has 1 amide bonds. The van der Waals surface area contributed by atoms with Crippen LogP contribution in [0.1, 0.15) is 43.8 Å². The third kappa shape index (κ3) is 6.65. The van der Waals surface area contributed by atoms with E-state index >= 15 is 0 Å². The zero-order chi connectivity index (χ0) is 15.2. The van der Waals surface area contributed by atoms with Crippen molar-refractivity contribution in [1.29, 1.82) is 0 Å². The Hall–Kier alpha value is -1.43. The Bertz CT molecular complexity index is 469. The van der Waals surface area contributed by atoms with E-state index in [0.29, 0.717) is 19.4 Å². The fraction of sp³-hybridized carbons (Fsp3) is 0.643. The van der Waals surface area contributed by atoms with Crippen molar-refractivity contribution >= 4 is 23.2 Å². The highest BCUT2D eigenvalue weighted by Gasteiger charge is 2.19. The van der Waals surface area contributed by atoms with Gasteiger partial charge >= 0.3 is 5.97 Å². The maximum absolute atomic E-state index is 11.7. The predicted molar refractivity (Wildman–Crippen MR) is 78.8 cm³/mol. The molecule has 0 unspecified atom stereocenters. The second-order valence-corrected chi connectivity index (χ2v) is 6.75. The van der Waals surface area contributed by atoms with Crippen molar-refractivity contribution in [2.45, 2.75) is 46.5 Å². The molecule has 6 heteroatoms. The van der Waals surface area contributed by atoms with Crippen molar-refractivity contribution in [2.24, 2.45) is 5.41 Å². The third-order valence-electron chi connectivity index (χ3n) is 3.15. The van der Waals surface area contributed by atoms with Crippen molar-refractivity contribution in [1.82, 2.24) is 10.3 Å². The van der Waals surface area contributed by atoms with Crippen molar-refractivity contribution in [3.8, 4) is 0 Å². The predicted octanol–water partition coefficient (Wildman–Crippen LogP) is 2.39. The lowest BCUT2D eigenvalue weighted by atomic mass is 9.84. The molecule has 0 aromatic carbocycles. The van der Waals surface area contributed by atoms with Gasteiger partial charge in [-0.2, -0.15) is 0 Å². The Labute approximate surface area is 123 Å². The lowest BCUT2D eigenvalue weighted by molar-refractivity contribution is -0.137. The fourth-order valence-corrected chi connectivity index (χ4v) is 2.44. The van der Waals surface area contributed by atoms with Crippen LogP contribution >= 0.6 is 11.3 Å². The minimum Gasteiger partial charge on any atom is -0.481 e. The molecule has 0 aliphatic heterocycles. The molecular formula is C14H22N2O3S. The molecule has 0 fully saturated rings. The molecule has 20 heavy (non-hydrogen) atoms. The maximum atomic E-state index is 11.7. The van der Waals surface area contributed by atoms with Crippen LogP contribution in [0, 0.1) is 12.3 Å². The molecule has 0 spiro atoms. The highest BCUT2D eigenvalue weighted by atomic mass is 32.1. The summed E-state index contributed by atoms with van der Waals surface area (Å²) in [5, 5.41) is 14.4. The lowest BCUT2D eigenvalue weighted by Gasteiger charge is -2.23. The van der Waals surface area contributed by atoms with Crippen LogP contribution in [0.3, 0.4) is 0 Å². The smallest absolute Gasteiger partial charge is 0.303 e. The molecule has 1 heterocycles. The number of aryl methyl sites for hydroxylation is 1. The molecule has 112 valence electrons. The van der Waals surface area contributed by atoms with E-state index in [1.54, 1.807) is 0 Å². The third-order valence-corrected chi connectivity index (χ3v) is 3.97. The van der Waals surface area contributed by atoms with Gasteiger partial charge in [0.2, 0.25) is 5.91 Å². The molecule has 0 radical (unpaired) electrons. The van der Waals surface area contributed by atoms with Crippen LogP contribution in [0.15, 0.2) is 5.38 Å². The average molecular weight is 298 g/mol. The van der Waals surface area contributed by atoms with E-state index in [2.05, 4.69) is 10.3 Å². The summed E-state index contributed by atoms with van der Waals surface area (Å²) in [5.74, 6) is -0.814. The molecule has 1 aromatic heterocycles. The normalized spacial score (nSPS) is 11.3. The monoisotopic (exact) mass is 298 g/mol. The van der Waals surface area contributed by atoms with Gasteiger partial charge < -0.3 is 10.4 Å². The number of carbonyl (C=O) groups is 2. The first kappa shape index (κ1) is 16.6. The van der Waals surface area contributed by atoms with E-state index in [9.17, 15) is 9.59 Å². The zero-order valence-corrected chi connectivity index (χ0v) is 13.0. The molecule has 0 saturated carbocycles. The number of carboxylic acid groups (broad SMARTS) is 1. The number of nitrogens with one attached hydrogen (secondary N) is 1. The number of aliphatic carboxylic acids is 1. The summed E-state index contributed by atoms with van der Waals surface area (Å²) in [7, 11) is 0. The van der Waals surface area contributed by atoms with Crippen LogP contribution < -0.4 is 5.32 Å². The Kier molecular flexibility index (Phi) is 6.13. The largest absolute Gasteiger partial charge is 0.481 e. The number of rotatable bonds is 8. The number of carbonyl (C=O) groups excluding carboxylic acids is 1. The Morgan fingerprint density at radius 2 is 2.10 bits per heavy atom. The molecule has 0 atom stereocenters. The van der Waals surface area contributed by atoms with Crippen LogP contribution in [0.2, 0.25) is 0 Å². The molecule has 0 aliphatic carbocycles. The highest BCUT2D eigenvalue weighted by Crippen LogP contribution is 2.25. The minimum absolute atomic E-state index is 0.0377. The van der Waals surface area contributed by atoms with Gasteiger partial charge in [0, 0.05) is 18.3 Å². The summed E-state index contributed by atoms with van der Waals surface area (Å²) in [6.45, 7) is 6.52. The summed E-state index contributed by atoms with van der Waals surface area (Å²) in [6.07, 6.45) is 1.85. The van der Waals surface area contributed by atoms with Crippen LogP contribution in [0.5, 0.6) is 0 Å². The van der Waals surface area contributed by atoms with E-state index in [4.69, 9.17) is 5.11 Å². The van der Waals surface area contributed by atoms with E-state index in [0.717, 1.165) is 17.1 Å². The lowest BCUT2D eigenvalue weighted by Crippen LogP contribution is -2.29. The van der Waals surface area contributed by atoms with Gasteiger partial charge in [-0.25, -0.2) is 4.98 Å². The first-order valence-electron chi connectivity index (χ1n) is 6.68. The van der Waals surface area contributed by atoms with Gasteiger partial charge in [0.15, 0.2) is 0 Å². The summed E-state index contributed by atoms with van der Waals surface area (Å²) in [6, 6.07) is 0. The van der Waals surface area contributed by atoms with Gasteiger partial charge in [0.1, 0.15) is 0 Å². The van der Waals surface area contributed by atoms with Crippen molar-refractivity contribution in [2.75, 3.05) is 6.54 Å². The first-order chi connectivity index (χ1) is 9.28. The second-order valence-electron chi connectivity index (χ2n) is 5.69. The van der Waals surface area contributed by atoms with Gasteiger partial charge in [0.25, 0.3) is 0 Å². The van der Waals surface area contributed by atoms with Crippen molar-refractivity contribution in [3.63, 3.8) is 0 Å². The number of hydrogen-bond donors (Lipinski definition) is 2. The van der Waals surface area contributed by atoms with E-state index in [1.165, 1.54) is 11.3 Å². The van der Waals surface area contributed by atoms with Gasteiger partial charge in [-0.05, 0) is 25.2 Å². The summed E-state index contributed by atoms with van der Waals surface area (Å²) in [5.41, 5.74) is 0.721. The Morgan fingerprint density at radius 1 is 1.40 bits per heavy atom. The summed E-state index contributed by atoms with van der Waals surface area (Å²) >= 11 is 1.54. The van der Waals surface area contributed by atoms with E-state index < -0.39 is 5.97 Å². The number of thiazole rings is 1. The van der Waals surface area contributed by atoms with Crippen LogP contribution in [-0.4, -0.2) is 28.5 Å². The van der Waals surface area contributed by atoms with Crippen molar-refractivity contribution < 1.29 is 14.7 Å². The van der Waals surface area contributed by atoms with E-state index in [1.807, 2.05) is 26.2 Å². The number of carboxylic acids is 1. The van der Waals surface area contributed by atoms with Crippen LogP contribution in [0.25, 0.3) is 0 Å². The summed E-state index contributed by atoms with van der Waals surface area (Å²) in [4.78, 5) is 26.5.